The van der Waals surface area contributed by atoms with Gasteiger partial charge in [0.25, 0.3) is 11.8 Å². The molecule has 164 valence electrons. The van der Waals surface area contributed by atoms with Crippen molar-refractivity contribution in [2.24, 2.45) is 0 Å². The van der Waals surface area contributed by atoms with Crippen molar-refractivity contribution in [2.75, 3.05) is 47.0 Å². The summed E-state index contributed by atoms with van der Waals surface area (Å²) in [5, 5.41) is 0. The largest absolute Gasteiger partial charge is 0.493 e. The van der Waals surface area contributed by atoms with E-state index in [2.05, 4.69) is 0 Å². The molecule has 2 aromatic rings. The zero-order valence-corrected chi connectivity index (χ0v) is 17.4. The van der Waals surface area contributed by atoms with E-state index < -0.39 is 5.97 Å². The molecular formula is C22H24N2O7. The van der Waals surface area contributed by atoms with Crippen LogP contribution >= 0.6 is 0 Å². The van der Waals surface area contributed by atoms with Crippen molar-refractivity contribution in [3.05, 3.63) is 54.0 Å². The molecule has 2 amide bonds. The van der Waals surface area contributed by atoms with Gasteiger partial charge in [-0.2, -0.15) is 0 Å². The average Bonchev–Trinajstić information content (AvgIpc) is 3.35. The van der Waals surface area contributed by atoms with Gasteiger partial charge >= 0.3 is 5.97 Å². The molecular weight excluding hydrogens is 404 g/mol. The number of methoxy groups -OCH3 is 2. The number of hydrogen-bond donors (Lipinski definition) is 0. The van der Waals surface area contributed by atoms with E-state index in [4.69, 9.17) is 18.6 Å². The highest BCUT2D eigenvalue weighted by atomic mass is 16.5. The highest BCUT2D eigenvalue weighted by molar-refractivity contribution is 5.92. The van der Waals surface area contributed by atoms with Gasteiger partial charge in [0.05, 0.1) is 20.5 Å². The molecule has 0 bridgehead atoms. The highest BCUT2D eigenvalue weighted by Crippen LogP contribution is 2.27. The number of benzene rings is 1. The van der Waals surface area contributed by atoms with E-state index >= 15 is 0 Å². The van der Waals surface area contributed by atoms with Gasteiger partial charge in [0.15, 0.2) is 23.9 Å². The minimum atomic E-state index is -0.630. The van der Waals surface area contributed by atoms with Gasteiger partial charge in [-0.25, -0.2) is 4.79 Å². The lowest BCUT2D eigenvalue weighted by atomic mass is 10.2. The summed E-state index contributed by atoms with van der Waals surface area (Å²) >= 11 is 0. The summed E-state index contributed by atoms with van der Waals surface area (Å²) < 4.78 is 20.5. The molecule has 1 aromatic heterocycles. The summed E-state index contributed by atoms with van der Waals surface area (Å²) in [4.78, 5) is 39.7. The molecule has 0 spiro atoms. The fraction of sp³-hybridized carbons (Fsp3) is 0.318. The van der Waals surface area contributed by atoms with Crippen molar-refractivity contribution in [3.63, 3.8) is 0 Å². The molecule has 0 radical (unpaired) electrons. The smallest absolute Gasteiger partial charge is 0.331 e. The second-order valence-electron chi connectivity index (χ2n) is 6.71. The van der Waals surface area contributed by atoms with E-state index in [-0.39, 0.29) is 24.2 Å². The number of piperazine rings is 1. The Morgan fingerprint density at radius 2 is 1.71 bits per heavy atom. The Labute approximate surface area is 179 Å². The summed E-state index contributed by atoms with van der Waals surface area (Å²) in [6, 6.07) is 8.47. The van der Waals surface area contributed by atoms with Gasteiger partial charge in [0.2, 0.25) is 0 Å². The third-order valence-electron chi connectivity index (χ3n) is 4.81. The zero-order valence-electron chi connectivity index (χ0n) is 17.4. The zero-order chi connectivity index (χ0) is 22.2. The molecule has 2 heterocycles. The predicted octanol–water partition coefficient (Wildman–Crippen LogP) is 1.84. The van der Waals surface area contributed by atoms with Crippen molar-refractivity contribution < 1.29 is 33.0 Å². The van der Waals surface area contributed by atoms with Crippen LogP contribution in [0.3, 0.4) is 0 Å². The molecule has 1 aliphatic rings. The monoisotopic (exact) mass is 428 g/mol. The third-order valence-corrected chi connectivity index (χ3v) is 4.81. The van der Waals surface area contributed by atoms with Crippen molar-refractivity contribution in [1.29, 1.82) is 0 Å². The van der Waals surface area contributed by atoms with E-state index in [0.717, 1.165) is 5.56 Å². The van der Waals surface area contributed by atoms with Crippen LogP contribution in [0.15, 0.2) is 47.1 Å². The van der Waals surface area contributed by atoms with Crippen molar-refractivity contribution >= 4 is 23.9 Å². The summed E-state index contributed by atoms with van der Waals surface area (Å²) in [5.41, 5.74) is 0.721. The number of furan rings is 1. The van der Waals surface area contributed by atoms with Gasteiger partial charge in [0.1, 0.15) is 0 Å². The number of hydrogen-bond acceptors (Lipinski definition) is 7. The lowest BCUT2D eigenvalue weighted by molar-refractivity contribution is -0.148. The topological polar surface area (TPSA) is 98.5 Å². The van der Waals surface area contributed by atoms with Crippen molar-refractivity contribution in [3.8, 4) is 11.5 Å². The molecule has 0 saturated carbocycles. The number of esters is 1. The van der Waals surface area contributed by atoms with Gasteiger partial charge in [-0.05, 0) is 35.9 Å². The Bertz CT molecular complexity index is 945. The fourth-order valence-corrected chi connectivity index (χ4v) is 3.11. The molecule has 9 heteroatoms. The second kappa shape index (κ2) is 10.3. The van der Waals surface area contributed by atoms with Crippen LogP contribution in [0, 0.1) is 0 Å². The lowest BCUT2D eigenvalue weighted by Gasteiger charge is -2.34. The number of ether oxygens (including phenoxy) is 3. The summed E-state index contributed by atoms with van der Waals surface area (Å²) in [5.74, 6) is 0.253. The highest BCUT2D eigenvalue weighted by Gasteiger charge is 2.26. The van der Waals surface area contributed by atoms with Crippen LogP contribution in [-0.2, 0) is 14.3 Å². The van der Waals surface area contributed by atoms with Crippen molar-refractivity contribution in [2.45, 2.75) is 0 Å². The summed E-state index contributed by atoms with van der Waals surface area (Å²) in [6.07, 6.45) is 4.25. The normalized spacial score (nSPS) is 13.9. The molecule has 0 unspecified atom stereocenters. The van der Waals surface area contributed by atoms with Crippen LogP contribution in [0.1, 0.15) is 16.1 Å². The minimum Gasteiger partial charge on any atom is -0.493 e. The molecule has 3 rings (SSSR count). The van der Waals surface area contributed by atoms with E-state index in [0.29, 0.717) is 37.7 Å². The van der Waals surface area contributed by atoms with Crippen LogP contribution in [0.2, 0.25) is 0 Å². The van der Waals surface area contributed by atoms with Crippen molar-refractivity contribution in [1.82, 2.24) is 9.80 Å². The van der Waals surface area contributed by atoms with Crippen LogP contribution in [-0.4, -0.2) is 74.6 Å². The number of amides is 2. The van der Waals surface area contributed by atoms with Gasteiger partial charge in [-0.15, -0.1) is 0 Å². The first kappa shape index (κ1) is 21.9. The van der Waals surface area contributed by atoms with Gasteiger partial charge in [0, 0.05) is 32.3 Å². The quantitative estimate of drug-likeness (QED) is 0.490. The second-order valence-corrected chi connectivity index (χ2v) is 6.71. The molecule has 1 aromatic carbocycles. The molecule has 0 atom stereocenters. The maximum atomic E-state index is 12.3. The number of carbonyl (C=O) groups excluding carboxylic acids is 3. The molecule has 9 nitrogen and oxygen atoms in total. The minimum absolute atomic E-state index is 0.205. The van der Waals surface area contributed by atoms with Crippen LogP contribution in [0.4, 0.5) is 0 Å². The van der Waals surface area contributed by atoms with Gasteiger partial charge < -0.3 is 28.4 Å². The Kier molecular flexibility index (Phi) is 7.31. The SMILES string of the molecule is COc1ccc(/C=C/C(=O)OCC(=O)N2CCN(C(=O)c3ccco3)CC2)cc1OC. The third kappa shape index (κ3) is 5.65. The summed E-state index contributed by atoms with van der Waals surface area (Å²) in [7, 11) is 3.07. The molecule has 31 heavy (non-hydrogen) atoms. The average molecular weight is 428 g/mol. The Morgan fingerprint density at radius 1 is 1.00 bits per heavy atom. The maximum absolute atomic E-state index is 12.3. The Hall–Kier alpha value is -3.75. The first-order valence-corrected chi connectivity index (χ1v) is 9.69. The van der Waals surface area contributed by atoms with Gasteiger partial charge in [-0.3, -0.25) is 9.59 Å². The number of carbonyl (C=O) groups is 3. The predicted molar refractivity (Wildman–Crippen MR) is 111 cm³/mol. The molecule has 1 aliphatic heterocycles. The van der Waals surface area contributed by atoms with Crippen LogP contribution in [0.25, 0.3) is 6.08 Å². The number of nitrogens with zero attached hydrogens (tertiary/aromatic N) is 2. The van der Waals surface area contributed by atoms with Crippen LogP contribution in [0.5, 0.6) is 11.5 Å². The Balaban J connectivity index is 1.44. The Morgan fingerprint density at radius 3 is 2.35 bits per heavy atom. The van der Waals surface area contributed by atoms with Gasteiger partial charge in [-0.1, -0.05) is 6.07 Å². The molecule has 0 aliphatic carbocycles. The van der Waals surface area contributed by atoms with E-state index in [1.807, 2.05) is 0 Å². The standard InChI is InChI=1S/C22H24N2O7/c1-28-17-7-5-16(14-19(17)29-2)6-8-21(26)31-15-20(25)23-9-11-24(12-10-23)22(27)18-4-3-13-30-18/h3-8,13-14H,9-12,15H2,1-2H3/b8-6+. The van der Waals surface area contributed by atoms with E-state index in [1.54, 1.807) is 53.3 Å². The summed E-state index contributed by atoms with van der Waals surface area (Å²) in [6.45, 7) is 1.15. The maximum Gasteiger partial charge on any atom is 0.331 e. The fourth-order valence-electron chi connectivity index (χ4n) is 3.11. The first-order chi connectivity index (χ1) is 15.0. The lowest BCUT2D eigenvalue weighted by Crippen LogP contribution is -2.51. The molecule has 0 N–H and O–H groups in total. The van der Waals surface area contributed by atoms with E-state index in [1.165, 1.54) is 19.4 Å². The molecule has 1 saturated heterocycles. The van der Waals surface area contributed by atoms with E-state index in [9.17, 15) is 14.4 Å². The van der Waals surface area contributed by atoms with Crippen LogP contribution < -0.4 is 9.47 Å². The first-order valence-electron chi connectivity index (χ1n) is 9.69. The molecule has 1 fully saturated rings. The number of rotatable bonds is 7.